The molecule has 0 atom stereocenters. The molecule has 0 aromatic carbocycles. The van der Waals surface area contributed by atoms with Crippen molar-refractivity contribution in [1.82, 2.24) is 10.2 Å². The van der Waals surface area contributed by atoms with Crippen LogP contribution in [-0.4, -0.2) is 22.8 Å². The third-order valence-electron chi connectivity index (χ3n) is 3.97. The maximum atomic E-state index is 5.94. The number of nitrogens with two attached hydrogens (primary N) is 1. The fourth-order valence-corrected chi connectivity index (χ4v) is 2.36. The number of nitrogens with zero attached hydrogens (tertiary/aromatic N) is 3. The minimum absolute atomic E-state index is 0.544. The van der Waals surface area contributed by atoms with Gasteiger partial charge in [0.05, 0.1) is 5.69 Å². The second-order valence-corrected chi connectivity index (χ2v) is 6.02. The molecular weight excluding hydrogens is 236 g/mol. The quantitative estimate of drug-likeness (QED) is 0.856. The lowest BCUT2D eigenvalue weighted by Crippen LogP contribution is -2.31. The van der Waals surface area contributed by atoms with Crippen LogP contribution < -0.4 is 10.6 Å². The average molecular weight is 262 g/mol. The molecule has 1 heterocycles. The summed E-state index contributed by atoms with van der Waals surface area (Å²) in [6, 6.07) is 0.653. The molecule has 1 saturated carbocycles. The van der Waals surface area contributed by atoms with E-state index in [9.17, 15) is 0 Å². The van der Waals surface area contributed by atoms with Crippen molar-refractivity contribution >= 4 is 5.82 Å². The molecule has 1 aliphatic rings. The molecule has 1 aromatic rings. The summed E-state index contributed by atoms with van der Waals surface area (Å²) in [4.78, 5) is 2.43. The van der Waals surface area contributed by atoms with Gasteiger partial charge in [-0.15, -0.1) is 5.10 Å². The van der Waals surface area contributed by atoms with Crippen LogP contribution in [0.1, 0.15) is 49.9 Å². The zero-order chi connectivity index (χ0) is 14.0. The van der Waals surface area contributed by atoms with Crippen LogP contribution in [0.5, 0.6) is 0 Å². The molecule has 1 aliphatic carbocycles. The van der Waals surface area contributed by atoms with E-state index in [2.05, 4.69) is 35.9 Å². The molecule has 0 unspecified atom stereocenters. The fraction of sp³-hybridized carbons (Fsp3) is 0.733. The zero-order valence-electron chi connectivity index (χ0n) is 12.6. The minimum Gasteiger partial charge on any atom is -0.352 e. The third kappa shape index (κ3) is 3.24. The molecule has 0 radical (unpaired) electrons. The lowest BCUT2D eigenvalue weighted by molar-refractivity contribution is 0.565. The molecule has 0 saturated heterocycles. The lowest BCUT2D eigenvalue weighted by Gasteiger charge is -2.27. The molecule has 0 amide bonds. The largest absolute Gasteiger partial charge is 0.352 e. The molecule has 0 aliphatic heterocycles. The van der Waals surface area contributed by atoms with E-state index in [0.29, 0.717) is 18.5 Å². The third-order valence-corrected chi connectivity index (χ3v) is 3.97. The van der Waals surface area contributed by atoms with E-state index in [-0.39, 0.29) is 0 Å². The van der Waals surface area contributed by atoms with E-state index in [1.54, 1.807) is 0 Å². The number of anilines is 1. The molecular formula is C15H26N4. The second kappa shape index (κ2) is 5.87. The van der Waals surface area contributed by atoms with Crippen molar-refractivity contribution in [2.24, 2.45) is 11.7 Å². The Morgan fingerprint density at radius 3 is 2.47 bits per heavy atom. The van der Waals surface area contributed by atoms with E-state index < -0.39 is 0 Å². The standard InChI is InChI=1S/C15H26N4/c1-10(2)7-8-19(13-5-6-13)15-14(9-16)11(3)12(4)17-18-15/h10,13H,5-9,16H2,1-4H3. The fourth-order valence-electron chi connectivity index (χ4n) is 2.36. The smallest absolute Gasteiger partial charge is 0.156 e. The Morgan fingerprint density at radius 2 is 1.95 bits per heavy atom. The van der Waals surface area contributed by atoms with Crippen LogP contribution in [0, 0.1) is 19.8 Å². The molecule has 4 nitrogen and oxygen atoms in total. The predicted octanol–water partition coefficient (Wildman–Crippen LogP) is 2.57. The van der Waals surface area contributed by atoms with Gasteiger partial charge >= 0.3 is 0 Å². The first-order valence-corrected chi connectivity index (χ1v) is 7.34. The average Bonchev–Trinajstić information content (AvgIpc) is 3.18. The molecule has 1 fully saturated rings. The van der Waals surface area contributed by atoms with Crippen molar-refractivity contribution in [3.05, 3.63) is 16.8 Å². The highest BCUT2D eigenvalue weighted by Gasteiger charge is 2.31. The number of hydrogen-bond acceptors (Lipinski definition) is 4. The van der Waals surface area contributed by atoms with Crippen LogP contribution in [0.4, 0.5) is 5.82 Å². The molecule has 2 rings (SSSR count). The first-order valence-electron chi connectivity index (χ1n) is 7.34. The molecule has 0 spiro atoms. The van der Waals surface area contributed by atoms with Crippen LogP contribution in [0.2, 0.25) is 0 Å². The van der Waals surface area contributed by atoms with Gasteiger partial charge in [0.2, 0.25) is 0 Å². The van der Waals surface area contributed by atoms with E-state index in [0.717, 1.165) is 18.1 Å². The van der Waals surface area contributed by atoms with Gasteiger partial charge < -0.3 is 10.6 Å². The number of hydrogen-bond donors (Lipinski definition) is 1. The van der Waals surface area contributed by atoms with Crippen molar-refractivity contribution in [2.45, 2.75) is 59.5 Å². The summed E-state index contributed by atoms with van der Waals surface area (Å²) in [6.07, 6.45) is 3.74. The van der Waals surface area contributed by atoms with Crippen LogP contribution in [0.15, 0.2) is 0 Å². The molecule has 2 N–H and O–H groups in total. The molecule has 106 valence electrons. The number of rotatable bonds is 6. The summed E-state index contributed by atoms with van der Waals surface area (Å²) < 4.78 is 0. The molecule has 4 heteroatoms. The lowest BCUT2D eigenvalue weighted by atomic mass is 10.1. The summed E-state index contributed by atoms with van der Waals surface area (Å²) in [5, 5.41) is 8.74. The van der Waals surface area contributed by atoms with Gasteiger partial charge in [0.25, 0.3) is 0 Å². The highest BCUT2D eigenvalue weighted by atomic mass is 15.3. The van der Waals surface area contributed by atoms with Gasteiger partial charge in [-0.1, -0.05) is 13.8 Å². The van der Waals surface area contributed by atoms with Crippen molar-refractivity contribution in [3.8, 4) is 0 Å². The van der Waals surface area contributed by atoms with Gasteiger partial charge in [0, 0.05) is 24.7 Å². The monoisotopic (exact) mass is 262 g/mol. The van der Waals surface area contributed by atoms with Gasteiger partial charge in [0.1, 0.15) is 0 Å². The highest BCUT2D eigenvalue weighted by molar-refractivity contribution is 5.52. The van der Waals surface area contributed by atoms with Crippen molar-refractivity contribution in [3.63, 3.8) is 0 Å². The van der Waals surface area contributed by atoms with Crippen molar-refractivity contribution in [2.75, 3.05) is 11.4 Å². The summed E-state index contributed by atoms with van der Waals surface area (Å²) in [6.45, 7) is 10.2. The maximum absolute atomic E-state index is 5.94. The molecule has 1 aromatic heterocycles. The zero-order valence-corrected chi connectivity index (χ0v) is 12.6. The topological polar surface area (TPSA) is 55.0 Å². The summed E-state index contributed by atoms with van der Waals surface area (Å²) in [5.41, 5.74) is 9.30. The number of aromatic nitrogens is 2. The van der Waals surface area contributed by atoms with Crippen LogP contribution in [0.3, 0.4) is 0 Å². The maximum Gasteiger partial charge on any atom is 0.156 e. The predicted molar refractivity (Wildman–Crippen MR) is 79.2 cm³/mol. The van der Waals surface area contributed by atoms with Gasteiger partial charge in [0.15, 0.2) is 5.82 Å². The highest BCUT2D eigenvalue weighted by Crippen LogP contribution is 2.33. The van der Waals surface area contributed by atoms with Crippen LogP contribution >= 0.6 is 0 Å². The molecule has 0 bridgehead atoms. The normalized spacial score (nSPS) is 15.1. The summed E-state index contributed by atoms with van der Waals surface area (Å²) in [5.74, 6) is 1.73. The van der Waals surface area contributed by atoms with Gasteiger partial charge in [-0.25, -0.2) is 0 Å². The Hall–Kier alpha value is -1.16. The first kappa shape index (κ1) is 14.3. The number of aryl methyl sites for hydroxylation is 1. The van der Waals surface area contributed by atoms with Gasteiger partial charge in [-0.2, -0.15) is 5.10 Å². The Kier molecular flexibility index (Phi) is 4.40. The van der Waals surface area contributed by atoms with Crippen LogP contribution in [-0.2, 0) is 6.54 Å². The van der Waals surface area contributed by atoms with E-state index in [4.69, 9.17) is 5.73 Å². The SMILES string of the molecule is Cc1nnc(N(CCC(C)C)C2CC2)c(CN)c1C. The van der Waals surface area contributed by atoms with Crippen molar-refractivity contribution < 1.29 is 0 Å². The minimum atomic E-state index is 0.544. The van der Waals surface area contributed by atoms with Gasteiger partial charge in [-0.05, 0) is 44.6 Å². The summed E-state index contributed by atoms with van der Waals surface area (Å²) >= 11 is 0. The Balaban J connectivity index is 2.28. The van der Waals surface area contributed by atoms with E-state index >= 15 is 0 Å². The summed E-state index contributed by atoms with van der Waals surface area (Å²) in [7, 11) is 0. The Morgan fingerprint density at radius 1 is 1.26 bits per heavy atom. The van der Waals surface area contributed by atoms with E-state index in [1.807, 2.05) is 6.92 Å². The van der Waals surface area contributed by atoms with Gasteiger partial charge in [-0.3, -0.25) is 0 Å². The Bertz CT molecular complexity index is 438. The molecule has 19 heavy (non-hydrogen) atoms. The second-order valence-electron chi connectivity index (χ2n) is 6.02. The van der Waals surface area contributed by atoms with E-state index in [1.165, 1.54) is 30.4 Å². The van der Waals surface area contributed by atoms with Crippen LogP contribution in [0.25, 0.3) is 0 Å². The van der Waals surface area contributed by atoms with Crippen molar-refractivity contribution in [1.29, 1.82) is 0 Å². The first-order chi connectivity index (χ1) is 9.04. The Labute approximate surface area is 116 Å².